The van der Waals surface area contributed by atoms with Crippen LogP contribution in [-0.2, 0) is 22.6 Å². The molecule has 0 saturated heterocycles. The third-order valence-electron chi connectivity index (χ3n) is 5.00. The fourth-order valence-corrected chi connectivity index (χ4v) is 3.30. The highest BCUT2D eigenvalue weighted by molar-refractivity contribution is 6.31. The van der Waals surface area contributed by atoms with Crippen molar-refractivity contribution in [2.75, 3.05) is 6.54 Å². The van der Waals surface area contributed by atoms with E-state index in [4.69, 9.17) is 11.6 Å². The van der Waals surface area contributed by atoms with Gasteiger partial charge in [-0.15, -0.1) is 0 Å². The second-order valence-electron chi connectivity index (χ2n) is 8.03. The summed E-state index contributed by atoms with van der Waals surface area (Å²) < 4.78 is 0. The van der Waals surface area contributed by atoms with Gasteiger partial charge in [-0.05, 0) is 49.4 Å². The zero-order valence-electron chi connectivity index (χ0n) is 18.0. The van der Waals surface area contributed by atoms with Crippen molar-refractivity contribution in [3.8, 4) is 0 Å². The van der Waals surface area contributed by atoms with Crippen molar-refractivity contribution in [1.82, 2.24) is 10.2 Å². The first kappa shape index (κ1) is 23.0. The van der Waals surface area contributed by atoms with E-state index in [-0.39, 0.29) is 18.2 Å². The quantitative estimate of drug-likeness (QED) is 0.681. The molecule has 5 heteroatoms. The van der Waals surface area contributed by atoms with E-state index in [9.17, 15) is 9.59 Å². The fourth-order valence-electron chi connectivity index (χ4n) is 3.10. The molecule has 0 aliphatic rings. The summed E-state index contributed by atoms with van der Waals surface area (Å²) in [4.78, 5) is 27.6. The Bertz CT molecular complexity index is 864. The van der Waals surface area contributed by atoms with Crippen molar-refractivity contribution in [2.24, 2.45) is 5.92 Å². The molecule has 0 bridgehead atoms. The van der Waals surface area contributed by atoms with E-state index >= 15 is 0 Å². The number of carbonyl (C=O) groups excluding carboxylic acids is 2. The minimum absolute atomic E-state index is 0.0918. The molecule has 0 spiro atoms. The third kappa shape index (κ3) is 6.60. The Morgan fingerprint density at radius 2 is 1.72 bits per heavy atom. The Hall–Kier alpha value is -2.33. The number of hydrogen-bond acceptors (Lipinski definition) is 2. The normalized spacial score (nSPS) is 12.0. The summed E-state index contributed by atoms with van der Waals surface area (Å²) in [6.45, 7) is 10.7. The van der Waals surface area contributed by atoms with E-state index in [1.807, 2.05) is 64.1 Å². The summed E-state index contributed by atoms with van der Waals surface area (Å²) in [5.41, 5.74) is 3.98. The maximum atomic E-state index is 13.3. The first-order valence-electron chi connectivity index (χ1n) is 10.1. The number of nitrogens with zero attached hydrogens (tertiary/aromatic N) is 1. The van der Waals surface area contributed by atoms with Gasteiger partial charge in [-0.25, -0.2) is 0 Å². The van der Waals surface area contributed by atoms with Crippen molar-refractivity contribution in [1.29, 1.82) is 0 Å². The Balaban J connectivity index is 2.27. The second kappa shape index (κ2) is 10.4. The third-order valence-corrected chi connectivity index (χ3v) is 5.37. The van der Waals surface area contributed by atoms with Crippen LogP contribution in [0.1, 0.15) is 43.0 Å². The molecule has 1 N–H and O–H groups in total. The van der Waals surface area contributed by atoms with E-state index < -0.39 is 6.04 Å². The summed E-state index contributed by atoms with van der Waals surface area (Å²) in [6, 6.07) is 12.9. The van der Waals surface area contributed by atoms with Gasteiger partial charge in [-0.2, -0.15) is 0 Å². The van der Waals surface area contributed by atoms with Gasteiger partial charge in [-0.3, -0.25) is 9.59 Å². The molecule has 4 nitrogen and oxygen atoms in total. The SMILES string of the molecule is Cc1ccc(C)c(CC(=O)N(Cc2ccccc2Cl)[C@@H](C)C(=O)NCC(C)C)c1. The molecule has 2 amide bonds. The van der Waals surface area contributed by atoms with Gasteiger partial charge in [0.2, 0.25) is 11.8 Å². The summed E-state index contributed by atoms with van der Waals surface area (Å²) in [5.74, 6) is 0.0969. The van der Waals surface area contributed by atoms with E-state index in [0.717, 1.165) is 22.3 Å². The van der Waals surface area contributed by atoms with Crippen molar-refractivity contribution in [3.63, 3.8) is 0 Å². The molecule has 156 valence electrons. The molecule has 0 heterocycles. The van der Waals surface area contributed by atoms with Gasteiger partial charge in [0.15, 0.2) is 0 Å². The Labute approximate surface area is 179 Å². The van der Waals surface area contributed by atoms with Gasteiger partial charge in [0.1, 0.15) is 6.04 Å². The van der Waals surface area contributed by atoms with Crippen LogP contribution in [0.15, 0.2) is 42.5 Å². The largest absolute Gasteiger partial charge is 0.354 e. The summed E-state index contributed by atoms with van der Waals surface area (Å²) in [7, 11) is 0. The smallest absolute Gasteiger partial charge is 0.242 e. The van der Waals surface area contributed by atoms with Crippen LogP contribution >= 0.6 is 11.6 Å². The van der Waals surface area contributed by atoms with E-state index in [1.54, 1.807) is 17.9 Å². The first-order chi connectivity index (χ1) is 13.7. The molecular formula is C24H31ClN2O2. The fraction of sp³-hybridized carbons (Fsp3) is 0.417. The predicted molar refractivity (Wildman–Crippen MR) is 119 cm³/mol. The Morgan fingerprint density at radius 3 is 2.38 bits per heavy atom. The highest BCUT2D eigenvalue weighted by Gasteiger charge is 2.27. The minimum Gasteiger partial charge on any atom is -0.354 e. The number of rotatable bonds is 8. The number of aryl methyl sites for hydroxylation is 2. The van der Waals surface area contributed by atoms with E-state index in [0.29, 0.717) is 24.0 Å². The molecule has 1 atom stereocenters. The van der Waals surface area contributed by atoms with Crippen LogP contribution in [0.25, 0.3) is 0 Å². The number of carbonyl (C=O) groups is 2. The summed E-state index contributed by atoms with van der Waals surface area (Å²) in [6.07, 6.45) is 0.250. The van der Waals surface area contributed by atoms with Crippen molar-refractivity contribution in [3.05, 3.63) is 69.7 Å². The molecule has 0 aromatic heterocycles. The zero-order valence-corrected chi connectivity index (χ0v) is 18.7. The topological polar surface area (TPSA) is 49.4 Å². The molecule has 0 aliphatic carbocycles. The van der Waals surface area contributed by atoms with Gasteiger partial charge in [-0.1, -0.05) is 67.4 Å². The van der Waals surface area contributed by atoms with Crippen LogP contribution in [0.5, 0.6) is 0 Å². The van der Waals surface area contributed by atoms with Crippen LogP contribution in [0.2, 0.25) is 5.02 Å². The molecule has 0 aliphatic heterocycles. The van der Waals surface area contributed by atoms with Crippen LogP contribution in [0.4, 0.5) is 0 Å². The minimum atomic E-state index is -0.595. The molecule has 29 heavy (non-hydrogen) atoms. The van der Waals surface area contributed by atoms with Crippen LogP contribution < -0.4 is 5.32 Å². The molecule has 0 radical (unpaired) electrons. The lowest BCUT2D eigenvalue weighted by atomic mass is 10.0. The van der Waals surface area contributed by atoms with E-state index in [2.05, 4.69) is 5.32 Å². The lowest BCUT2D eigenvalue weighted by Crippen LogP contribution is -2.48. The highest BCUT2D eigenvalue weighted by atomic mass is 35.5. The van der Waals surface area contributed by atoms with Gasteiger partial charge in [0.05, 0.1) is 6.42 Å². The lowest BCUT2D eigenvalue weighted by molar-refractivity contribution is -0.140. The molecule has 0 saturated carbocycles. The van der Waals surface area contributed by atoms with Crippen LogP contribution in [0, 0.1) is 19.8 Å². The number of amides is 2. The number of nitrogens with one attached hydrogen (secondary N) is 1. The molecule has 2 rings (SSSR count). The van der Waals surface area contributed by atoms with Crippen LogP contribution in [0.3, 0.4) is 0 Å². The summed E-state index contributed by atoms with van der Waals surface area (Å²) >= 11 is 6.33. The predicted octanol–water partition coefficient (Wildman–Crippen LogP) is 4.69. The Kier molecular flexibility index (Phi) is 8.27. The molecule has 2 aromatic rings. The molecular weight excluding hydrogens is 384 g/mol. The monoisotopic (exact) mass is 414 g/mol. The average molecular weight is 415 g/mol. The number of halogens is 1. The second-order valence-corrected chi connectivity index (χ2v) is 8.44. The van der Waals surface area contributed by atoms with E-state index in [1.165, 1.54) is 0 Å². The Morgan fingerprint density at radius 1 is 1.03 bits per heavy atom. The molecule has 0 fully saturated rings. The number of hydrogen-bond donors (Lipinski definition) is 1. The zero-order chi connectivity index (χ0) is 21.6. The van der Waals surface area contributed by atoms with Gasteiger partial charge < -0.3 is 10.2 Å². The van der Waals surface area contributed by atoms with Crippen LogP contribution in [-0.4, -0.2) is 29.3 Å². The number of benzene rings is 2. The average Bonchev–Trinajstić information content (AvgIpc) is 2.67. The van der Waals surface area contributed by atoms with Gasteiger partial charge in [0, 0.05) is 18.1 Å². The standard InChI is InChI=1S/C24H31ClN2O2/c1-16(2)14-26-24(29)19(5)27(15-20-8-6-7-9-22(20)25)23(28)13-21-12-17(3)10-11-18(21)4/h6-12,16,19H,13-15H2,1-5H3,(H,26,29)/t19-/m0/s1. The van der Waals surface area contributed by atoms with Crippen molar-refractivity contribution in [2.45, 2.75) is 53.6 Å². The van der Waals surface area contributed by atoms with Gasteiger partial charge >= 0.3 is 0 Å². The first-order valence-corrected chi connectivity index (χ1v) is 10.4. The molecule has 2 aromatic carbocycles. The highest BCUT2D eigenvalue weighted by Crippen LogP contribution is 2.20. The van der Waals surface area contributed by atoms with Gasteiger partial charge in [0.25, 0.3) is 0 Å². The maximum absolute atomic E-state index is 13.3. The van der Waals surface area contributed by atoms with Crippen molar-refractivity contribution < 1.29 is 9.59 Å². The summed E-state index contributed by atoms with van der Waals surface area (Å²) in [5, 5.41) is 3.53. The van der Waals surface area contributed by atoms with Crippen molar-refractivity contribution >= 4 is 23.4 Å². The lowest BCUT2D eigenvalue weighted by Gasteiger charge is -2.29. The maximum Gasteiger partial charge on any atom is 0.242 e. The molecule has 0 unspecified atom stereocenters.